The third kappa shape index (κ3) is 5.80. The number of aliphatic imine (C=N–C) groups is 1. The average molecular weight is 200 g/mol. The maximum Gasteiger partial charge on any atom is 0.208 e. The molecule has 4 nitrogen and oxygen atoms in total. The maximum atomic E-state index is 5.40. The Morgan fingerprint density at radius 2 is 2.00 bits per heavy atom. The lowest BCUT2D eigenvalue weighted by Gasteiger charge is -2.20. The van der Waals surface area contributed by atoms with Gasteiger partial charge < -0.3 is 4.90 Å². The molecule has 14 heavy (non-hydrogen) atoms. The monoisotopic (exact) mass is 200 g/mol. The predicted molar refractivity (Wildman–Crippen MR) is 62.1 cm³/mol. The zero-order chi connectivity index (χ0) is 10.8. The molecule has 0 heterocycles. The van der Waals surface area contributed by atoms with E-state index in [0.29, 0.717) is 0 Å². The van der Waals surface area contributed by atoms with Crippen LogP contribution in [-0.2, 0) is 0 Å². The Morgan fingerprint density at radius 1 is 1.29 bits per heavy atom. The molecule has 0 unspecified atom stereocenters. The van der Waals surface area contributed by atoms with Crippen LogP contribution in [0.15, 0.2) is 4.99 Å². The molecule has 84 valence electrons. The summed E-state index contributed by atoms with van der Waals surface area (Å²) in [5.74, 6) is 6.19. The SMILES string of the molecule is CCCCCN(C)C(=NCCC)NN. The van der Waals surface area contributed by atoms with Crippen molar-refractivity contribution >= 4 is 5.96 Å². The lowest BCUT2D eigenvalue weighted by molar-refractivity contribution is 0.457. The average Bonchev–Trinajstić information content (AvgIpc) is 2.19. The van der Waals surface area contributed by atoms with Crippen molar-refractivity contribution in [1.29, 1.82) is 0 Å². The molecule has 0 spiro atoms. The van der Waals surface area contributed by atoms with Crippen molar-refractivity contribution in [3.05, 3.63) is 0 Å². The Balaban J connectivity index is 3.84. The van der Waals surface area contributed by atoms with Crippen LogP contribution in [-0.4, -0.2) is 31.0 Å². The van der Waals surface area contributed by atoms with Crippen LogP contribution in [0.4, 0.5) is 0 Å². The van der Waals surface area contributed by atoms with Crippen LogP contribution in [0.2, 0.25) is 0 Å². The highest BCUT2D eigenvalue weighted by Gasteiger charge is 2.02. The van der Waals surface area contributed by atoms with E-state index in [1.165, 1.54) is 19.3 Å². The number of hydrogen-bond donors (Lipinski definition) is 2. The summed E-state index contributed by atoms with van der Waals surface area (Å²) in [4.78, 5) is 6.42. The largest absolute Gasteiger partial charge is 0.345 e. The van der Waals surface area contributed by atoms with Crippen molar-refractivity contribution in [2.45, 2.75) is 39.5 Å². The molecule has 0 fully saturated rings. The van der Waals surface area contributed by atoms with E-state index in [1.807, 2.05) is 7.05 Å². The topological polar surface area (TPSA) is 53.6 Å². The third-order valence-electron chi connectivity index (χ3n) is 2.07. The maximum absolute atomic E-state index is 5.40. The number of rotatable bonds is 6. The molecule has 0 saturated heterocycles. The summed E-state index contributed by atoms with van der Waals surface area (Å²) in [6.45, 7) is 6.15. The van der Waals surface area contributed by atoms with E-state index in [4.69, 9.17) is 5.84 Å². The first-order valence-electron chi connectivity index (χ1n) is 5.48. The van der Waals surface area contributed by atoms with E-state index in [2.05, 4.69) is 29.2 Å². The standard InChI is InChI=1S/C10H24N4/c1-4-6-7-9-14(3)10(13-11)12-8-5-2/h4-9,11H2,1-3H3,(H,12,13). The van der Waals surface area contributed by atoms with Crippen molar-refractivity contribution in [2.24, 2.45) is 10.8 Å². The summed E-state index contributed by atoms with van der Waals surface area (Å²) >= 11 is 0. The van der Waals surface area contributed by atoms with Gasteiger partial charge in [0, 0.05) is 20.1 Å². The Kier molecular flexibility index (Phi) is 8.33. The van der Waals surface area contributed by atoms with Gasteiger partial charge >= 0.3 is 0 Å². The number of hydrogen-bond acceptors (Lipinski definition) is 2. The molecule has 0 aliphatic rings. The predicted octanol–water partition coefficient (Wildman–Crippen LogP) is 1.34. The van der Waals surface area contributed by atoms with Gasteiger partial charge in [-0.25, -0.2) is 5.84 Å². The minimum atomic E-state index is 0.794. The summed E-state index contributed by atoms with van der Waals surface area (Å²) in [6.07, 6.45) is 4.75. The zero-order valence-electron chi connectivity index (χ0n) is 9.71. The summed E-state index contributed by atoms with van der Waals surface area (Å²) in [5.41, 5.74) is 2.64. The van der Waals surface area contributed by atoms with Crippen LogP contribution in [0.3, 0.4) is 0 Å². The van der Waals surface area contributed by atoms with Crippen LogP contribution in [0.25, 0.3) is 0 Å². The van der Waals surface area contributed by atoms with E-state index in [9.17, 15) is 0 Å². The highest BCUT2D eigenvalue weighted by atomic mass is 15.4. The van der Waals surface area contributed by atoms with Crippen LogP contribution in [0.5, 0.6) is 0 Å². The number of nitrogens with zero attached hydrogens (tertiary/aromatic N) is 2. The fourth-order valence-electron chi connectivity index (χ4n) is 1.20. The summed E-state index contributed by atoms with van der Waals surface area (Å²) in [5, 5.41) is 0. The third-order valence-corrected chi connectivity index (χ3v) is 2.07. The lowest BCUT2D eigenvalue weighted by atomic mass is 10.2. The highest BCUT2D eigenvalue weighted by molar-refractivity contribution is 5.79. The molecule has 0 amide bonds. The number of hydrazine groups is 1. The molecule has 4 heteroatoms. The van der Waals surface area contributed by atoms with E-state index >= 15 is 0 Å². The van der Waals surface area contributed by atoms with Gasteiger partial charge in [-0.1, -0.05) is 26.7 Å². The first kappa shape index (κ1) is 13.2. The molecule has 0 atom stereocenters. The normalized spacial score (nSPS) is 11.6. The zero-order valence-corrected chi connectivity index (χ0v) is 9.71. The summed E-state index contributed by atoms with van der Waals surface area (Å²) in [7, 11) is 2.02. The Hall–Kier alpha value is -0.770. The minimum absolute atomic E-state index is 0.794. The molecule has 3 N–H and O–H groups in total. The van der Waals surface area contributed by atoms with Crippen molar-refractivity contribution < 1.29 is 0 Å². The molecule has 0 radical (unpaired) electrons. The lowest BCUT2D eigenvalue weighted by Crippen LogP contribution is -2.43. The van der Waals surface area contributed by atoms with Gasteiger partial charge in [-0.3, -0.25) is 10.4 Å². The summed E-state index contributed by atoms with van der Waals surface area (Å²) < 4.78 is 0. The van der Waals surface area contributed by atoms with Gasteiger partial charge in [-0.15, -0.1) is 0 Å². The fourth-order valence-corrected chi connectivity index (χ4v) is 1.20. The molecule has 0 rings (SSSR count). The Morgan fingerprint density at radius 3 is 2.50 bits per heavy atom. The van der Waals surface area contributed by atoms with Gasteiger partial charge in [0.1, 0.15) is 0 Å². The first-order valence-corrected chi connectivity index (χ1v) is 5.48. The number of nitrogens with two attached hydrogens (primary N) is 1. The first-order chi connectivity index (χ1) is 6.76. The minimum Gasteiger partial charge on any atom is -0.345 e. The smallest absolute Gasteiger partial charge is 0.208 e. The van der Waals surface area contributed by atoms with E-state index < -0.39 is 0 Å². The van der Waals surface area contributed by atoms with Crippen LogP contribution >= 0.6 is 0 Å². The molecule has 0 aliphatic heterocycles. The highest BCUT2D eigenvalue weighted by Crippen LogP contribution is 1.96. The molecule has 0 bridgehead atoms. The molecule has 0 aromatic rings. The molecule has 0 aromatic carbocycles. The molecular formula is C10H24N4. The quantitative estimate of drug-likeness (QED) is 0.224. The van der Waals surface area contributed by atoms with E-state index in [-0.39, 0.29) is 0 Å². The van der Waals surface area contributed by atoms with Gasteiger partial charge in [-0.05, 0) is 12.8 Å². The number of unbranched alkanes of at least 4 members (excludes halogenated alkanes) is 2. The van der Waals surface area contributed by atoms with Crippen molar-refractivity contribution in [3.63, 3.8) is 0 Å². The second-order valence-corrected chi connectivity index (χ2v) is 3.48. The van der Waals surface area contributed by atoms with Crippen LogP contribution < -0.4 is 11.3 Å². The van der Waals surface area contributed by atoms with Gasteiger partial charge in [0.15, 0.2) is 0 Å². The van der Waals surface area contributed by atoms with Crippen LogP contribution in [0, 0.1) is 0 Å². The number of nitrogens with one attached hydrogen (secondary N) is 1. The van der Waals surface area contributed by atoms with Crippen LogP contribution in [0.1, 0.15) is 39.5 Å². The van der Waals surface area contributed by atoms with Gasteiger partial charge in [-0.2, -0.15) is 0 Å². The Labute approximate surface area is 87.5 Å². The van der Waals surface area contributed by atoms with Crippen molar-refractivity contribution in [1.82, 2.24) is 10.3 Å². The molecule has 0 aliphatic carbocycles. The molecular weight excluding hydrogens is 176 g/mol. The van der Waals surface area contributed by atoms with E-state index in [0.717, 1.165) is 25.5 Å². The Bertz CT molecular complexity index is 156. The van der Waals surface area contributed by atoms with Gasteiger partial charge in [0.2, 0.25) is 5.96 Å². The second-order valence-electron chi connectivity index (χ2n) is 3.48. The van der Waals surface area contributed by atoms with Crippen molar-refractivity contribution in [3.8, 4) is 0 Å². The fraction of sp³-hybridized carbons (Fsp3) is 0.900. The van der Waals surface area contributed by atoms with Gasteiger partial charge in [0.05, 0.1) is 0 Å². The van der Waals surface area contributed by atoms with Crippen molar-refractivity contribution in [2.75, 3.05) is 20.1 Å². The molecule has 0 aromatic heterocycles. The summed E-state index contributed by atoms with van der Waals surface area (Å²) in [6, 6.07) is 0. The second kappa shape index (κ2) is 8.81. The number of guanidine groups is 1. The molecule has 0 saturated carbocycles. The van der Waals surface area contributed by atoms with Gasteiger partial charge in [0.25, 0.3) is 0 Å². The van der Waals surface area contributed by atoms with E-state index in [1.54, 1.807) is 0 Å².